The number of amides is 2. The van der Waals surface area contributed by atoms with Gasteiger partial charge in [-0.1, -0.05) is 30.3 Å². The standard InChI is InChI=1S/C21H16F2N6O4S/c22-19(23)14-8-13(11-4-2-1-3-5-11)16-17(18(20(24)31)34-21(16)26-14)27-15(30)6-7-28-10-12(9-25-28)29(32)33/h1-5,8-10,19H,6-7H2,(H2,24,31)(H,27,30). The number of hydrogen-bond donors (Lipinski definition) is 2. The van der Waals surface area contributed by atoms with Crippen LogP contribution in [-0.4, -0.2) is 31.5 Å². The lowest BCUT2D eigenvalue weighted by molar-refractivity contribution is -0.385. The van der Waals surface area contributed by atoms with Gasteiger partial charge in [0.05, 0.1) is 10.6 Å². The number of nitrogens with zero attached hydrogens (tertiary/aromatic N) is 4. The molecule has 3 aromatic heterocycles. The number of benzene rings is 1. The smallest absolute Gasteiger partial charge is 0.306 e. The van der Waals surface area contributed by atoms with Gasteiger partial charge in [0.25, 0.3) is 12.3 Å². The van der Waals surface area contributed by atoms with E-state index < -0.39 is 28.9 Å². The Balaban J connectivity index is 1.73. The lowest BCUT2D eigenvalue weighted by atomic mass is 10.0. The first-order chi connectivity index (χ1) is 16.2. The number of aryl methyl sites for hydroxylation is 1. The lowest BCUT2D eigenvalue weighted by Crippen LogP contribution is -2.18. The van der Waals surface area contributed by atoms with E-state index in [0.717, 1.165) is 17.5 Å². The van der Waals surface area contributed by atoms with Crippen molar-refractivity contribution in [2.45, 2.75) is 19.4 Å². The maximum atomic E-state index is 13.5. The molecule has 0 spiro atoms. The Morgan fingerprint density at radius 1 is 1.26 bits per heavy atom. The molecule has 0 bridgehead atoms. The summed E-state index contributed by atoms with van der Waals surface area (Å²) >= 11 is 0.809. The van der Waals surface area contributed by atoms with E-state index in [1.54, 1.807) is 30.3 Å². The molecule has 0 aliphatic rings. The summed E-state index contributed by atoms with van der Waals surface area (Å²) in [5, 5.41) is 17.6. The van der Waals surface area contributed by atoms with Crippen molar-refractivity contribution in [2.75, 3.05) is 5.32 Å². The van der Waals surface area contributed by atoms with Crippen LogP contribution in [0.1, 0.15) is 28.2 Å². The van der Waals surface area contributed by atoms with Gasteiger partial charge in [0, 0.05) is 18.4 Å². The zero-order valence-electron chi connectivity index (χ0n) is 17.3. The number of aromatic nitrogens is 3. The van der Waals surface area contributed by atoms with Crippen LogP contribution in [0.2, 0.25) is 0 Å². The van der Waals surface area contributed by atoms with Crippen molar-refractivity contribution in [3.05, 3.63) is 69.5 Å². The number of nitrogens with two attached hydrogens (primary N) is 1. The summed E-state index contributed by atoms with van der Waals surface area (Å²) in [6, 6.07) is 9.86. The molecule has 0 aliphatic carbocycles. The summed E-state index contributed by atoms with van der Waals surface area (Å²) in [5.41, 5.74) is 5.85. The molecule has 0 atom stereocenters. The van der Waals surface area contributed by atoms with Crippen LogP contribution in [0, 0.1) is 10.1 Å². The zero-order valence-corrected chi connectivity index (χ0v) is 18.1. The highest BCUT2D eigenvalue weighted by atomic mass is 32.1. The average molecular weight is 486 g/mol. The molecule has 1 aromatic carbocycles. The number of rotatable bonds is 8. The second kappa shape index (κ2) is 9.31. The summed E-state index contributed by atoms with van der Waals surface area (Å²) in [6.07, 6.45) is -0.723. The summed E-state index contributed by atoms with van der Waals surface area (Å²) in [5.74, 6) is -1.38. The van der Waals surface area contributed by atoms with E-state index in [-0.39, 0.29) is 34.0 Å². The third-order valence-electron chi connectivity index (χ3n) is 4.88. The van der Waals surface area contributed by atoms with Gasteiger partial charge in [-0.25, -0.2) is 13.8 Å². The Morgan fingerprint density at radius 2 is 2.00 bits per heavy atom. The minimum absolute atomic E-state index is 0.0332. The van der Waals surface area contributed by atoms with Crippen molar-refractivity contribution in [1.29, 1.82) is 0 Å². The molecule has 3 N–H and O–H groups in total. The summed E-state index contributed by atoms with van der Waals surface area (Å²) in [7, 11) is 0. The molecule has 3 heterocycles. The third-order valence-corrected chi connectivity index (χ3v) is 5.98. The first kappa shape index (κ1) is 22.9. The van der Waals surface area contributed by atoms with E-state index in [9.17, 15) is 28.5 Å². The number of thiophene rings is 1. The predicted molar refractivity (Wildman–Crippen MR) is 121 cm³/mol. The van der Waals surface area contributed by atoms with E-state index in [2.05, 4.69) is 15.4 Å². The van der Waals surface area contributed by atoms with Gasteiger partial charge in [0.1, 0.15) is 27.8 Å². The molecule has 0 saturated carbocycles. The topological polar surface area (TPSA) is 146 Å². The van der Waals surface area contributed by atoms with Gasteiger partial charge in [-0.3, -0.25) is 24.4 Å². The molecule has 0 aliphatic heterocycles. The van der Waals surface area contributed by atoms with Crippen molar-refractivity contribution >= 4 is 44.7 Å². The number of carbonyl (C=O) groups is 2. The highest BCUT2D eigenvalue weighted by Crippen LogP contribution is 2.42. The molecule has 174 valence electrons. The van der Waals surface area contributed by atoms with E-state index in [1.807, 2.05) is 0 Å². The number of anilines is 1. The number of primary amides is 1. The first-order valence-corrected chi connectivity index (χ1v) is 10.6. The number of nitrogens with one attached hydrogen (secondary N) is 1. The number of hydrogen-bond acceptors (Lipinski definition) is 7. The number of carbonyl (C=O) groups excluding carboxylic acids is 2. The fourth-order valence-corrected chi connectivity index (χ4v) is 4.37. The Bertz CT molecular complexity index is 1400. The molecule has 34 heavy (non-hydrogen) atoms. The van der Waals surface area contributed by atoms with Crippen molar-refractivity contribution in [3.63, 3.8) is 0 Å². The summed E-state index contributed by atoms with van der Waals surface area (Å²) in [6.45, 7) is 0.0347. The van der Waals surface area contributed by atoms with E-state index in [0.29, 0.717) is 16.5 Å². The average Bonchev–Trinajstić information content (AvgIpc) is 3.43. The summed E-state index contributed by atoms with van der Waals surface area (Å²) in [4.78, 5) is 39.1. The Kier molecular flexibility index (Phi) is 6.27. The number of pyridine rings is 1. The largest absolute Gasteiger partial charge is 0.365 e. The Hall–Kier alpha value is -4.26. The van der Waals surface area contributed by atoms with Gasteiger partial charge >= 0.3 is 5.69 Å². The molecule has 0 unspecified atom stereocenters. The molecular formula is C21H16F2N6O4S. The van der Waals surface area contributed by atoms with Crippen LogP contribution in [0.15, 0.2) is 48.8 Å². The van der Waals surface area contributed by atoms with Gasteiger partial charge in [-0.05, 0) is 17.2 Å². The van der Waals surface area contributed by atoms with E-state index >= 15 is 0 Å². The van der Waals surface area contributed by atoms with Crippen LogP contribution >= 0.6 is 11.3 Å². The molecule has 4 rings (SSSR count). The third kappa shape index (κ3) is 4.59. The van der Waals surface area contributed by atoms with Gasteiger partial charge in [-0.2, -0.15) is 5.10 Å². The summed E-state index contributed by atoms with van der Waals surface area (Å²) < 4.78 is 28.3. The molecular weight excluding hydrogens is 470 g/mol. The van der Waals surface area contributed by atoms with Crippen LogP contribution < -0.4 is 11.1 Å². The minimum atomic E-state index is -2.85. The fraction of sp³-hybridized carbons (Fsp3) is 0.143. The second-order valence-corrected chi connectivity index (χ2v) is 8.13. The maximum Gasteiger partial charge on any atom is 0.306 e. The number of fused-ring (bicyclic) bond motifs is 1. The van der Waals surface area contributed by atoms with E-state index in [4.69, 9.17) is 5.73 Å². The number of halogens is 2. The zero-order chi connectivity index (χ0) is 24.4. The number of alkyl halides is 2. The van der Waals surface area contributed by atoms with E-state index in [1.165, 1.54) is 16.9 Å². The van der Waals surface area contributed by atoms with Crippen LogP contribution in [-0.2, 0) is 11.3 Å². The normalized spacial score (nSPS) is 11.1. The van der Waals surface area contributed by atoms with Crippen molar-refractivity contribution in [3.8, 4) is 11.1 Å². The molecule has 13 heteroatoms. The second-order valence-electron chi connectivity index (χ2n) is 7.13. The quantitative estimate of drug-likeness (QED) is 0.283. The molecule has 2 amide bonds. The van der Waals surface area contributed by atoms with Gasteiger partial charge in [0.15, 0.2) is 0 Å². The van der Waals surface area contributed by atoms with Gasteiger partial charge < -0.3 is 11.1 Å². The molecule has 0 radical (unpaired) electrons. The van der Waals surface area contributed by atoms with Crippen molar-refractivity contribution in [2.24, 2.45) is 5.73 Å². The molecule has 0 fully saturated rings. The maximum absolute atomic E-state index is 13.5. The molecule has 0 saturated heterocycles. The molecule has 4 aromatic rings. The monoisotopic (exact) mass is 486 g/mol. The fourth-order valence-electron chi connectivity index (χ4n) is 3.35. The SMILES string of the molecule is NC(=O)c1sc2nc(C(F)F)cc(-c3ccccc3)c2c1NC(=O)CCn1cc([N+](=O)[O-])cn1. The van der Waals surface area contributed by atoms with Gasteiger partial charge in [-0.15, -0.1) is 11.3 Å². The minimum Gasteiger partial charge on any atom is -0.365 e. The van der Waals surface area contributed by atoms with Gasteiger partial charge in [0.2, 0.25) is 5.91 Å². The first-order valence-electron chi connectivity index (χ1n) is 9.82. The van der Waals surface area contributed by atoms with Crippen LogP contribution in [0.25, 0.3) is 21.3 Å². The Labute approximate surface area is 194 Å². The number of nitro groups is 1. The van der Waals surface area contributed by atoms with Crippen molar-refractivity contribution in [1.82, 2.24) is 14.8 Å². The highest BCUT2D eigenvalue weighted by molar-refractivity contribution is 7.21. The van der Waals surface area contributed by atoms with Crippen molar-refractivity contribution < 1.29 is 23.3 Å². The van der Waals surface area contributed by atoms with Crippen LogP contribution in [0.4, 0.5) is 20.2 Å². The highest BCUT2D eigenvalue weighted by Gasteiger charge is 2.25. The lowest BCUT2D eigenvalue weighted by Gasteiger charge is -2.11. The Morgan fingerprint density at radius 3 is 2.62 bits per heavy atom. The van der Waals surface area contributed by atoms with Crippen LogP contribution in [0.5, 0.6) is 0 Å². The predicted octanol–water partition coefficient (Wildman–Crippen LogP) is 4.13. The molecule has 10 nitrogen and oxygen atoms in total. The van der Waals surface area contributed by atoms with Crippen LogP contribution in [0.3, 0.4) is 0 Å².